The molecule has 0 spiro atoms. The van der Waals surface area contributed by atoms with E-state index in [1.54, 1.807) is 48.8 Å². The Balaban J connectivity index is 1.79. The van der Waals surface area contributed by atoms with Crippen molar-refractivity contribution in [1.82, 2.24) is 14.5 Å². The average Bonchev–Trinajstić information content (AvgIpc) is 2.72. The quantitative estimate of drug-likeness (QED) is 0.575. The third-order valence-corrected chi connectivity index (χ3v) is 4.52. The number of amides is 1. The van der Waals surface area contributed by atoms with E-state index < -0.39 is 11.5 Å². The lowest BCUT2D eigenvalue weighted by molar-refractivity contribution is 0.102. The first-order valence-corrected chi connectivity index (χ1v) is 8.94. The summed E-state index contributed by atoms with van der Waals surface area (Å²) < 4.78 is 1.50. The molecule has 0 aliphatic rings. The molecule has 0 atom stereocenters. The van der Waals surface area contributed by atoms with Crippen LogP contribution in [0.2, 0.25) is 5.02 Å². The lowest BCUT2D eigenvalue weighted by Crippen LogP contribution is -2.30. The van der Waals surface area contributed by atoms with Crippen LogP contribution < -0.4 is 10.9 Å². The van der Waals surface area contributed by atoms with E-state index in [0.29, 0.717) is 21.7 Å². The molecular formula is C21H15ClN4O2. The number of benzene rings is 1. The van der Waals surface area contributed by atoms with E-state index in [1.165, 1.54) is 10.8 Å². The summed E-state index contributed by atoms with van der Waals surface area (Å²) in [5.74, 6) is -0.492. The number of aromatic nitrogens is 3. The number of rotatable bonds is 4. The smallest absolute Gasteiger partial charge is 0.265 e. The Morgan fingerprint density at radius 3 is 2.61 bits per heavy atom. The van der Waals surface area contributed by atoms with E-state index in [9.17, 15) is 9.59 Å². The fourth-order valence-electron chi connectivity index (χ4n) is 2.92. The van der Waals surface area contributed by atoms with Crippen LogP contribution >= 0.6 is 11.6 Å². The van der Waals surface area contributed by atoms with Gasteiger partial charge in [0.2, 0.25) is 0 Å². The normalized spacial score (nSPS) is 10.8. The number of nitrogens with one attached hydrogen (secondary N) is 1. The van der Waals surface area contributed by atoms with E-state index in [0.717, 1.165) is 5.56 Å². The number of hydrogen-bond donors (Lipinski definition) is 1. The molecule has 3 heterocycles. The first kappa shape index (κ1) is 17.9. The molecule has 1 aromatic carbocycles. The highest BCUT2D eigenvalue weighted by molar-refractivity contribution is 6.30. The fraction of sp³-hybridized carbons (Fsp3) is 0.0476. The van der Waals surface area contributed by atoms with Gasteiger partial charge in [0.05, 0.1) is 18.4 Å². The standard InChI is InChI=1S/C21H15ClN4O2/c22-16-7-5-14(6-8-16)13-26-19-15(3-1-10-24-19)11-18(21(26)28)20(27)25-17-4-2-9-23-12-17/h1-12H,13H2,(H,25,27). The van der Waals surface area contributed by atoms with Crippen molar-refractivity contribution in [2.45, 2.75) is 6.54 Å². The van der Waals surface area contributed by atoms with E-state index in [4.69, 9.17) is 11.6 Å². The summed E-state index contributed by atoms with van der Waals surface area (Å²) in [7, 11) is 0. The van der Waals surface area contributed by atoms with Crippen LogP contribution in [0.15, 0.2) is 78.0 Å². The molecule has 0 aliphatic heterocycles. The molecule has 3 aromatic heterocycles. The summed E-state index contributed by atoms with van der Waals surface area (Å²) in [6.07, 6.45) is 4.75. The molecular weight excluding hydrogens is 376 g/mol. The Hall–Kier alpha value is -3.51. The van der Waals surface area contributed by atoms with Gasteiger partial charge < -0.3 is 5.32 Å². The zero-order chi connectivity index (χ0) is 19.5. The van der Waals surface area contributed by atoms with Crippen LogP contribution in [-0.4, -0.2) is 20.4 Å². The maximum atomic E-state index is 13.1. The van der Waals surface area contributed by atoms with Gasteiger partial charge in [-0.15, -0.1) is 0 Å². The monoisotopic (exact) mass is 390 g/mol. The summed E-state index contributed by atoms with van der Waals surface area (Å²) in [6, 6.07) is 15.8. The Bertz CT molecular complexity index is 1200. The van der Waals surface area contributed by atoms with Crippen molar-refractivity contribution in [1.29, 1.82) is 0 Å². The van der Waals surface area contributed by atoms with Crippen LogP contribution in [0.5, 0.6) is 0 Å². The molecule has 0 saturated heterocycles. The Kier molecular flexibility index (Phi) is 4.87. The minimum absolute atomic E-state index is 0.0401. The summed E-state index contributed by atoms with van der Waals surface area (Å²) in [6.45, 7) is 0.275. The highest BCUT2D eigenvalue weighted by Gasteiger charge is 2.17. The number of hydrogen-bond acceptors (Lipinski definition) is 4. The summed E-state index contributed by atoms with van der Waals surface area (Å²) >= 11 is 5.95. The Labute approximate surface area is 165 Å². The number of carbonyl (C=O) groups is 1. The molecule has 0 aliphatic carbocycles. The van der Waals surface area contributed by atoms with Crippen LogP contribution in [0.3, 0.4) is 0 Å². The lowest BCUT2D eigenvalue weighted by Gasteiger charge is -2.12. The summed E-state index contributed by atoms with van der Waals surface area (Å²) in [5.41, 5.74) is 1.53. The van der Waals surface area contributed by atoms with E-state index in [1.807, 2.05) is 18.2 Å². The topological polar surface area (TPSA) is 76.9 Å². The lowest BCUT2D eigenvalue weighted by atomic mass is 10.1. The molecule has 0 bridgehead atoms. The molecule has 0 saturated carbocycles. The molecule has 0 fully saturated rings. The van der Waals surface area contributed by atoms with Crippen molar-refractivity contribution in [2.75, 3.05) is 5.32 Å². The van der Waals surface area contributed by atoms with Crippen LogP contribution in [-0.2, 0) is 6.54 Å². The van der Waals surface area contributed by atoms with Gasteiger partial charge in [0.15, 0.2) is 0 Å². The molecule has 1 amide bonds. The Morgan fingerprint density at radius 1 is 1.07 bits per heavy atom. The van der Waals surface area contributed by atoms with Crippen molar-refractivity contribution in [3.05, 3.63) is 99.7 Å². The zero-order valence-electron chi connectivity index (χ0n) is 14.7. The first-order chi connectivity index (χ1) is 13.6. The third-order valence-electron chi connectivity index (χ3n) is 4.27. The van der Waals surface area contributed by atoms with Crippen molar-refractivity contribution >= 4 is 34.2 Å². The Morgan fingerprint density at radius 2 is 1.86 bits per heavy atom. The second kappa shape index (κ2) is 7.62. The maximum Gasteiger partial charge on any atom is 0.265 e. The zero-order valence-corrected chi connectivity index (χ0v) is 15.4. The predicted molar refractivity (Wildman–Crippen MR) is 109 cm³/mol. The number of carbonyl (C=O) groups excluding carboxylic acids is 1. The molecule has 138 valence electrons. The largest absolute Gasteiger partial charge is 0.320 e. The van der Waals surface area contributed by atoms with Gasteiger partial charge in [0, 0.05) is 22.8 Å². The van der Waals surface area contributed by atoms with Gasteiger partial charge in [-0.25, -0.2) is 4.98 Å². The minimum atomic E-state index is -0.492. The average molecular weight is 391 g/mol. The number of halogens is 1. The van der Waals surface area contributed by atoms with Crippen molar-refractivity contribution in [2.24, 2.45) is 0 Å². The second-order valence-electron chi connectivity index (χ2n) is 6.19. The molecule has 7 heteroatoms. The van der Waals surface area contributed by atoms with Crippen molar-refractivity contribution in [3.63, 3.8) is 0 Å². The van der Waals surface area contributed by atoms with Gasteiger partial charge in [0.25, 0.3) is 11.5 Å². The highest BCUT2D eigenvalue weighted by atomic mass is 35.5. The van der Waals surface area contributed by atoms with Crippen LogP contribution in [0.25, 0.3) is 11.0 Å². The van der Waals surface area contributed by atoms with Gasteiger partial charge in [-0.2, -0.15) is 0 Å². The SMILES string of the molecule is O=C(Nc1cccnc1)c1cc2cccnc2n(Cc2ccc(Cl)cc2)c1=O. The number of fused-ring (bicyclic) bond motifs is 1. The molecule has 28 heavy (non-hydrogen) atoms. The van der Waals surface area contributed by atoms with Crippen LogP contribution in [0.1, 0.15) is 15.9 Å². The fourth-order valence-corrected chi connectivity index (χ4v) is 3.05. The molecule has 6 nitrogen and oxygen atoms in total. The summed E-state index contributed by atoms with van der Waals surface area (Å²) in [4.78, 5) is 34.1. The number of pyridine rings is 3. The predicted octanol–water partition coefficient (Wildman–Crippen LogP) is 3.75. The number of anilines is 1. The van der Waals surface area contributed by atoms with Crippen molar-refractivity contribution < 1.29 is 4.79 Å². The van der Waals surface area contributed by atoms with Crippen LogP contribution in [0.4, 0.5) is 5.69 Å². The highest BCUT2D eigenvalue weighted by Crippen LogP contribution is 2.15. The minimum Gasteiger partial charge on any atom is -0.320 e. The van der Waals surface area contributed by atoms with E-state index in [2.05, 4.69) is 15.3 Å². The van der Waals surface area contributed by atoms with Gasteiger partial charge in [0.1, 0.15) is 11.2 Å². The van der Waals surface area contributed by atoms with Gasteiger partial charge in [-0.1, -0.05) is 23.7 Å². The van der Waals surface area contributed by atoms with Crippen molar-refractivity contribution in [3.8, 4) is 0 Å². The van der Waals surface area contributed by atoms with Gasteiger partial charge in [-0.05, 0) is 48.0 Å². The molecule has 0 radical (unpaired) electrons. The van der Waals surface area contributed by atoms with Gasteiger partial charge >= 0.3 is 0 Å². The number of nitrogens with zero attached hydrogens (tertiary/aromatic N) is 3. The van der Waals surface area contributed by atoms with Gasteiger partial charge in [-0.3, -0.25) is 19.1 Å². The molecule has 1 N–H and O–H groups in total. The molecule has 4 rings (SSSR count). The van der Waals surface area contributed by atoms with Crippen LogP contribution in [0, 0.1) is 0 Å². The molecule has 4 aromatic rings. The maximum absolute atomic E-state index is 13.1. The first-order valence-electron chi connectivity index (χ1n) is 8.56. The summed E-state index contributed by atoms with van der Waals surface area (Å²) in [5, 5.41) is 4.03. The third kappa shape index (κ3) is 3.63. The van der Waals surface area contributed by atoms with E-state index in [-0.39, 0.29) is 12.1 Å². The second-order valence-corrected chi connectivity index (χ2v) is 6.62. The van der Waals surface area contributed by atoms with E-state index >= 15 is 0 Å². The molecule has 0 unspecified atom stereocenters.